The number of carbonyl (C=O) groups is 3. The van der Waals surface area contributed by atoms with Crippen molar-refractivity contribution < 1.29 is 23.5 Å². The van der Waals surface area contributed by atoms with Gasteiger partial charge in [0.25, 0.3) is 11.8 Å². The maximum atomic E-state index is 12.8. The number of nitrogens with zero attached hydrogens (tertiary/aromatic N) is 3. The van der Waals surface area contributed by atoms with Gasteiger partial charge in [-0.3, -0.25) is 19.2 Å². The van der Waals surface area contributed by atoms with Crippen molar-refractivity contribution >= 4 is 34.4 Å². The van der Waals surface area contributed by atoms with Crippen molar-refractivity contribution in [2.75, 3.05) is 71.9 Å². The second kappa shape index (κ2) is 12.4. The third-order valence-electron chi connectivity index (χ3n) is 6.52. The third kappa shape index (κ3) is 6.74. The molecule has 0 unspecified atom stereocenters. The van der Waals surface area contributed by atoms with Crippen LogP contribution in [0, 0.1) is 0 Å². The highest BCUT2D eigenvalue weighted by atomic mass is 16.5. The minimum atomic E-state index is -0.647. The average molecular weight is 536 g/mol. The standard InChI is InChI=1S/C28H33N5O6/c1-31(2)11-10-29-27(36)20-6-4-5-7-22(20)32-12-14-33(15-13-32)26(35)18-30-28(37)25-17-23(34)21-16-19(38-3)8-9-24(21)39-25/h4-9,16-17H,10-15,18H2,1-3H3,(H,29,36)(H,30,37). The zero-order valence-electron chi connectivity index (χ0n) is 22.4. The van der Waals surface area contributed by atoms with Crippen LogP contribution in [0.5, 0.6) is 5.75 Å². The maximum absolute atomic E-state index is 12.8. The number of hydrogen-bond acceptors (Lipinski definition) is 8. The Bertz CT molecular complexity index is 1410. The number of nitrogens with one attached hydrogen (secondary N) is 2. The van der Waals surface area contributed by atoms with E-state index in [1.807, 2.05) is 37.2 Å². The summed E-state index contributed by atoms with van der Waals surface area (Å²) < 4.78 is 10.7. The molecule has 0 saturated carbocycles. The highest BCUT2D eigenvalue weighted by molar-refractivity contribution is 6.00. The molecule has 1 saturated heterocycles. The van der Waals surface area contributed by atoms with Gasteiger partial charge in [0.1, 0.15) is 11.3 Å². The van der Waals surface area contributed by atoms with E-state index in [0.29, 0.717) is 49.4 Å². The van der Waals surface area contributed by atoms with E-state index in [4.69, 9.17) is 9.15 Å². The van der Waals surface area contributed by atoms with Gasteiger partial charge in [-0.05, 0) is 44.4 Å². The van der Waals surface area contributed by atoms with Crippen molar-refractivity contribution in [1.82, 2.24) is 20.4 Å². The van der Waals surface area contributed by atoms with Gasteiger partial charge < -0.3 is 34.5 Å². The van der Waals surface area contributed by atoms with E-state index < -0.39 is 5.91 Å². The second-order valence-corrected chi connectivity index (χ2v) is 9.46. The second-order valence-electron chi connectivity index (χ2n) is 9.46. The Labute approximate surface area is 226 Å². The van der Waals surface area contributed by atoms with Crippen molar-refractivity contribution in [2.24, 2.45) is 0 Å². The van der Waals surface area contributed by atoms with E-state index in [1.54, 1.807) is 29.2 Å². The van der Waals surface area contributed by atoms with E-state index >= 15 is 0 Å². The van der Waals surface area contributed by atoms with Crippen LogP contribution in [0.3, 0.4) is 0 Å². The van der Waals surface area contributed by atoms with E-state index in [-0.39, 0.29) is 35.1 Å². The van der Waals surface area contributed by atoms with E-state index in [9.17, 15) is 19.2 Å². The van der Waals surface area contributed by atoms with Crippen molar-refractivity contribution in [3.8, 4) is 5.75 Å². The van der Waals surface area contributed by atoms with Crippen molar-refractivity contribution in [2.45, 2.75) is 0 Å². The SMILES string of the molecule is COc1ccc2oc(C(=O)NCC(=O)N3CCN(c4ccccc4C(=O)NCCN(C)C)CC3)cc(=O)c2c1. The minimum absolute atomic E-state index is 0.131. The van der Waals surface area contributed by atoms with Crippen LogP contribution in [0.2, 0.25) is 0 Å². The third-order valence-corrected chi connectivity index (χ3v) is 6.52. The predicted molar refractivity (Wildman–Crippen MR) is 147 cm³/mol. The summed E-state index contributed by atoms with van der Waals surface area (Å²) in [4.78, 5) is 56.4. The number of amides is 3. The molecule has 3 aromatic rings. The largest absolute Gasteiger partial charge is 0.497 e. The quantitative estimate of drug-likeness (QED) is 0.419. The van der Waals surface area contributed by atoms with E-state index in [1.165, 1.54) is 7.11 Å². The summed E-state index contributed by atoms with van der Waals surface area (Å²) in [7, 11) is 5.39. The molecule has 3 amide bonds. The number of anilines is 1. The number of para-hydroxylation sites is 1. The Kier molecular flexibility index (Phi) is 8.82. The number of hydrogen-bond donors (Lipinski definition) is 2. The molecule has 39 heavy (non-hydrogen) atoms. The van der Waals surface area contributed by atoms with Gasteiger partial charge in [0.15, 0.2) is 11.2 Å². The summed E-state index contributed by atoms with van der Waals surface area (Å²) in [5.41, 5.74) is 1.29. The van der Waals surface area contributed by atoms with Gasteiger partial charge >= 0.3 is 0 Å². The minimum Gasteiger partial charge on any atom is -0.497 e. The summed E-state index contributed by atoms with van der Waals surface area (Å²) in [6, 6.07) is 13.3. The van der Waals surface area contributed by atoms with Crippen LogP contribution in [-0.2, 0) is 4.79 Å². The summed E-state index contributed by atoms with van der Waals surface area (Å²) >= 11 is 0. The summed E-state index contributed by atoms with van der Waals surface area (Å²) in [6.07, 6.45) is 0. The fourth-order valence-electron chi connectivity index (χ4n) is 4.36. The smallest absolute Gasteiger partial charge is 0.287 e. The Morgan fingerprint density at radius 3 is 2.44 bits per heavy atom. The monoisotopic (exact) mass is 535 g/mol. The molecular weight excluding hydrogens is 502 g/mol. The molecular formula is C28H33N5O6. The first-order valence-electron chi connectivity index (χ1n) is 12.7. The lowest BCUT2D eigenvalue weighted by Crippen LogP contribution is -2.51. The molecule has 2 N–H and O–H groups in total. The number of piperazine rings is 1. The molecule has 11 heteroatoms. The van der Waals surface area contributed by atoms with Gasteiger partial charge in [-0.15, -0.1) is 0 Å². The zero-order valence-corrected chi connectivity index (χ0v) is 22.4. The van der Waals surface area contributed by atoms with Gasteiger partial charge in [-0.25, -0.2) is 0 Å². The molecule has 11 nitrogen and oxygen atoms in total. The van der Waals surface area contributed by atoms with Crippen LogP contribution in [-0.4, -0.2) is 94.5 Å². The fourth-order valence-corrected chi connectivity index (χ4v) is 4.36. The topological polar surface area (TPSA) is 124 Å². The molecule has 1 aliphatic heterocycles. The maximum Gasteiger partial charge on any atom is 0.287 e. The van der Waals surface area contributed by atoms with Crippen molar-refractivity contribution in [3.63, 3.8) is 0 Å². The molecule has 0 atom stereocenters. The van der Waals surface area contributed by atoms with Gasteiger partial charge in [0.05, 0.1) is 24.6 Å². The molecule has 0 radical (unpaired) electrons. The molecule has 0 aliphatic carbocycles. The lowest BCUT2D eigenvalue weighted by Gasteiger charge is -2.37. The van der Waals surface area contributed by atoms with Crippen LogP contribution in [0.15, 0.2) is 57.7 Å². The summed E-state index contributed by atoms with van der Waals surface area (Å²) in [6.45, 7) is 3.04. The zero-order chi connectivity index (χ0) is 27.9. The molecule has 1 aromatic heterocycles. The number of methoxy groups -OCH3 is 1. The average Bonchev–Trinajstić information content (AvgIpc) is 2.95. The highest BCUT2D eigenvalue weighted by Gasteiger charge is 2.24. The molecule has 4 rings (SSSR count). The van der Waals surface area contributed by atoms with Crippen molar-refractivity contribution in [1.29, 1.82) is 0 Å². The number of carbonyl (C=O) groups excluding carboxylic acids is 3. The van der Waals surface area contributed by atoms with Gasteiger partial charge in [-0.1, -0.05) is 12.1 Å². The first-order valence-corrected chi connectivity index (χ1v) is 12.7. The van der Waals surface area contributed by atoms with Gasteiger partial charge in [-0.2, -0.15) is 0 Å². The molecule has 0 bridgehead atoms. The Hall–Kier alpha value is -4.38. The van der Waals surface area contributed by atoms with Crippen molar-refractivity contribution in [3.05, 3.63) is 70.1 Å². The van der Waals surface area contributed by atoms with Gasteiger partial charge in [0.2, 0.25) is 5.91 Å². The van der Waals surface area contributed by atoms with Gasteiger partial charge in [0, 0.05) is 51.0 Å². The van der Waals surface area contributed by atoms with Crippen LogP contribution >= 0.6 is 0 Å². The van der Waals surface area contributed by atoms with E-state index in [2.05, 4.69) is 15.5 Å². The summed E-state index contributed by atoms with van der Waals surface area (Å²) in [5, 5.41) is 5.80. The molecule has 2 aromatic carbocycles. The lowest BCUT2D eigenvalue weighted by molar-refractivity contribution is -0.130. The van der Waals surface area contributed by atoms with Crippen LogP contribution in [0.4, 0.5) is 5.69 Å². The first-order chi connectivity index (χ1) is 18.8. The summed E-state index contributed by atoms with van der Waals surface area (Å²) in [5.74, 6) is -0.690. The lowest BCUT2D eigenvalue weighted by atomic mass is 10.1. The molecule has 1 fully saturated rings. The normalized spacial score (nSPS) is 13.4. The number of fused-ring (bicyclic) bond motifs is 1. The first kappa shape index (κ1) is 27.6. The molecule has 1 aliphatic rings. The van der Waals surface area contributed by atoms with Crippen LogP contribution in [0.25, 0.3) is 11.0 Å². The number of ether oxygens (including phenoxy) is 1. The molecule has 2 heterocycles. The number of benzene rings is 2. The number of likely N-dealkylation sites (N-methyl/N-ethyl adjacent to an activating group) is 1. The van der Waals surface area contributed by atoms with Crippen LogP contribution in [0.1, 0.15) is 20.9 Å². The van der Waals surface area contributed by atoms with E-state index in [0.717, 1.165) is 18.3 Å². The Morgan fingerprint density at radius 2 is 1.72 bits per heavy atom. The Balaban J connectivity index is 1.32. The van der Waals surface area contributed by atoms with Crippen LogP contribution < -0.4 is 25.7 Å². The highest BCUT2D eigenvalue weighted by Crippen LogP contribution is 2.22. The Morgan fingerprint density at radius 1 is 0.974 bits per heavy atom. The molecule has 0 spiro atoms. The predicted octanol–water partition coefficient (Wildman–Crippen LogP) is 1.17. The molecule has 206 valence electrons. The number of rotatable bonds is 9. The fraction of sp³-hybridized carbons (Fsp3) is 0.357.